The van der Waals surface area contributed by atoms with E-state index < -0.39 is 6.23 Å². The first-order valence-corrected chi connectivity index (χ1v) is 9.52. The number of nitrogens with one attached hydrogen (secondary N) is 2. The summed E-state index contributed by atoms with van der Waals surface area (Å²) in [6, 6.07) is 5.98. The average Bonchev–Trinajstić information content (AvgIpc) is 3.05. The second kappa shape index (κ2) is 7.00. The molecule has 0 bridgehead atoms. The number of nitriles is 1. The SMILES string of the molecule is N#CC1=Cc2c(ccc3sc(NCCN4CCCCC4)nc23)NC1O. The molecule has 1 aromatic carbocycles. The zero-order valence-corrected chi connectivity index (χ0v) is 14.8. The molecule has 3 N–H and O–H groups in total. The summed E-state index contributed by atoms with van der Waals surface area (Å²) in [4.78, 5) is 7.21. The lowest BCUT2D eigenvalue weighted by atomic mass is 10.0. The average molecular weight is 355 g/mol. The number of aromatic nitrogens is 1. The number of benzene rings is 1. The lowest BCUT2D eigenvalue weighted by Gasteiger charge is -2.26. The monoisotopic (exact) mass is 355 g/mol. The molecule has 0 aliphatic carbocycles. The molecule has 0 radical (unpaired) electrons. The molecular weight excluding hydrogens is 334 g/mol. The molecule has 1 fully saturated rings. The molecular formula is C18H21N5OS. The molecule has 2 aromatic rings. The Bertz CT molecular complexity index is 847. The van der Waals surface area contributed by atoms with Crippen molar-refractivity contribution < 1.29 is 5.11 Å². The zero-order chi connectivity index (χ0) is 17.2. The minimum atomic E-state index is -0.948. The van der Waals surface area contributed by atoms with Crippen LogP contribution in [0.4, 0.5) is 10.8 Å². The summed E-state index contributed by atoms with van der Waals surface area (Å²) in [6.07, 6.45) is 4.75. The molecule has 0 amide bonds. The van der Waals surface area contributed by atoms with E-state index in [0.29, 0.717) is 5.57 Å². The third-order valence-electron chi connectivity index (χ3n) is 4.77. The number of thiazole rings is 1. The van der Waals surface area contributed by atoms with E-state index in [2.05, 4.69) is 15.5 Å². The summed E-state index contributed by atoms with van der Waals surface area (Å²) in [6.45, 7) is 4.33. The number of nitrogens with zero attached hydrogens (tertiary/aromatic N) is 3. The first kappa shape index (κ1) is 16.3. The summed E-state index contributed by atoms with van der Waals surface area (Å²) in [5.41, 5.74) is 2.87. The molecule has 2 aliphatic rings. The molecule has 1 saturated heterocycles. The molecule has 130 valence electrons. The normalized spacial score (nSPS) is 20.5. The lowest BCUT2D eigenvalue weighted by molar-refractivity contribution is 0.237. The third-order valence-corrected chi connectivity index (χ3v) is 5.75. The Kier molecular flexibility index (Phi) is 4.57. The number of piperidine rings is 1. The van der Waals surface area contributed by atoms with E-state index in [4.69, 9.17) is 10.2 Å². The van der Waals surface area contributed by atoms with Crippen LogP contribution in [0.3, 0.4) is 0 Å². The van der Waals surface area contributed by atoms with E-state index >= 15 is 0 Å². The van der Waals surface area contributed by atoms with Crippen LogP contribution in [-0.2, 0) is 0 Å². The van der Waals surface area contributed by atoms with Gasteiger partial charge in [-0.2, -0.15) is 5.26 Å². The van der Waals surface area contributed by atoms with Gasteiger partial charge in [0.25, 0.3) is 0 Å². The van der Waals surface area contributed by atoms with Gasteiger partial charge >= 0.3 is 0 Å². The summed E-state index contributed by atoms with van der Waals surface area (Å²) in [5, 5.41) is 26.3. The molecule has 4 rings (SSSR count). The summed E-state index contributed by atoms with van der Waals surface area (Å²) >= 11 is 1.62. The van der Waals surface area contributed by atoms with Crippen LogP contribution in [0.1, 0.15) is 24.8 Å². The maximum atomic E-state index is 9.90. The number of hydrogen-bond donors (Lipinski definition) is 3. The van der Waals surface area contributed by atoms with Crippen LogP contribution in [0.15, 0.2) is 17.7 Å². The number of likely N-dealkylation sites (tertiary alicyclic amines) is 1. The minimum Gasteiger partial charge on any atom is -0.369 e. The Morgan fingerprint density at radius 1 is 1.36 bits per heavy atom. The van der Waals surface area contributed by atoms with Crippen molar-refractivity contribution in [3.05, 3.63) is 23.3 Å². The van der Waals surface area contributed by atoms with Crippen LogP contribution in [0.25, 0.3) is 16.3 Å². The fourth-order valence-corrected chi connectivity index (χ4v) is 4.33. The van der Waals surface area contributed by atoms with Crippen molar-refractivity contribution in [3.8, 4) is 6.07 Å². The third kappa shape index (κ3) is 3.33. The van der Waals surface area contributed by atoms with Crippen LogP contribution in [0, 0.1) is 11.3 Å². The van der Waals surface area contributed by atoms with E-state index in [1.54, 1.807) is 17.4 Å². The molecule has 7 heteroatoms. The van der Waals surface area contributed by atoms with Gasteiger partial charge in [0.15, 0.2) is 11.4 Å². The van der Waals surface area contributed by atoms with Gasteiger partial charge in [0, 0.05) is 24.3 Å². The smallest absolute Gasteiger partial charge is 0.183 e. The second-order valence-corrected chi connectivity index (χ2v) is 7.51. The Morgan fingerprint density at radius 3 is 3.00 bits per heavy atom. The quantitative estimate of drug-likeness (QED) is 0.782. The number of aliphatic hydroxyl groups excluding tert-OH is 1. The van der Waals surface area contributed by atoms with Gasteiger partial charge < -0.3 is 20.6 Å². The number of rotatable bonds is 4. The number of aliphatic hydroxyl groups is 1. The topological polar surface area (TPSA) is 84.2 Å². The molecule has 3 heterocycles. The van der Waals surface area contributed by atoms with Gasteiger partial charge in [-0.25, -0.2) is 4.98 Å². The Balaban J connectivity index is 1.51. The first-order chi connectivity index (χ1) is 12.2. The largest absolute Gasteiger partial charge is 0.369 e. The molecule has 1 aromatic heterocycles. The zero-order valence-electron chi connectivity index (χ0n) is 14.0. The summed E-state index contributed by atoms with van der Waals surface area (Å²) in [5.74, 6) is 0. The highest BCUT2D eigenvalue weighted by molar-refractivity contribution is 7.22. The van der Waals surface area contributed by atoms with Gasteiger partial charge in [-0.05, 0) is 44.1 Å². The van der Waals surface area contributed by atoms with Crippen molar-refractivity contribution in [1.82, 2.24) is 9.88 Å². The molecule has 25 heavy (non-hydrogen) atoms. The van der Waals surface area contributed by atoms with E-state index in [9.17, 15) is 5.11 Å². The standard InChI is InChI=1S/C18H21N5OS/c19-11-12-10-13-14(21-17(12)24)4-5-15-16(13)22-18(25-15)20-6-9-23-7-2-1-3-8-23/h4-5,10,17,21,24H,1-3,6-9H2,(H,20,22). The predicted molar refractivity (Wildman–Crippen MR) is 102 cm³/mol. The predicted octanol–water partition coefficient (Wildman–Crippen LogP) is 2.84. The highest BCUT2D eigenvalue weighted by atomic mass is 32.1. The van der Waals surface area contributed by atoms with Gasteiger partial charge in [-0.3, -0.25) is 0 Å². The Hall–Kier alpha value is -2.14. The lowest BCUT2D eigenvalue weighted by Crippen LogP contribution is -2.33. The van der Waals surface area contributed by atoms with Gasteiger partial charge in [0.2, 0.25) is 0 Å². The number of anilines is 2. The van der Waals surface area contributed by atoms with E-state index in [0.717, 1.165) is 39.7 Å². The number of fused-ring (bicyclic) bond motifs is 3. The van der Waals surface area contributed by atoms with Crippen molar-refractivity contribution in [2.45, 2.75) is 25.5 Å². The van der Waals surface area contributed by atoms with Crippen LogP contribution >= 0.6 is 11.3 Å². The molecule has 0 saturated carbocycles. The number of hydrogen-bond acceptors (Lipinski definition) is 7. The van der Waals surface area contributed by atoms with E-state index in [-0.39, 0.29) is 0 Å². The fraction of sp³-hybridized carbons (Fsp3) is 0.444. The van der Waals surface area contributed by atoms with Crippen LogP contribution in [-0.4, -0.2) is 47.4 Å². The van der Waals surface area contributed by atoms with E-state index in [1.807, 2.05) is 18.2 Å². The maximum Gasteiger partial charge on any atom is 0.183 e. The second-order valence-electron chi connectivity index (χ2n) is 6.48. The molecule has 1 unspecified atom stereocenters. The van der Waals surface area contributed by atoms with E-state index in [1.165, 1.54) is 32.4 Å². The van der Waals surface area contributed by atoms with Crippen molar-refractivity contribution in [3.63, 3.8) is 0 Å². The maximum absolute atomic E-state index is 9.90. The van der Waals surface area contributed by atoms with Gasteiger partial charge in [0.05, 0.1) is 21.9 Å². The van der Waals surface area contributed by atoms with Crippen molar-refractivity contribution in [2.24, 2.45) is 0 Å². The van der Waals surface area contributed by atoms with Crippen LogP contribution in [0.2, 0.25) is 0 Å². The van der Waals surface area contributed by atoms with Gasteiger partial charge in [-0.15, -0.1) is 0 Å². The van der Waals surface area contributed by atoms with Crippen molar-refractivity contribution in [2.75, 3.05) is 36.8 Å². The molecule has 6 nitrogen and oxygen atoms in total. The van der Waals surface area contributed by atoms with Crippen LogP contribution < -0.4 is 10.6 Å². The van der Waals surface area contributed by atoms with Crippen molar-refractivity contribution in [1.29, 1.82) is 5.26 Å². The fourth-order valence-electron chi connectivity index (χ4n) is 3.42. The van der Waals surface area contributed by atoms with Crippen molar-refractivity contribution >= 4 is 38.4 Å². The molecule has 2 aliphatic heterocycles. The van der Waals surface area contributed by atoms with Gasteiger partial charge in [-0.1, -0.05) is 17.8 Å². The summed E-state index contributed by atoms with van der Waals surface area (Å²) in [7, 11) is 0. The highest BCUT2D eigenvalue weighted by Crippen LogP contribution is 2.36. The van der Waals surface area contributed by atoms with Gasteiger partial charge in [0.1, 0.15) is 0 Å². The Morgan fingerprint density at radius 2 is 2.20 bits per heavy atom. The first-order valence-electron chi connectivity index (χ1n) is 8.70. The molecule has 0 spiro atoms. The van der Waals surface area contributed by atoms with Crippen LogP contribution in [0.5, 0.6) is 0 Å². The molecule has 1 atom stereocenters. The Labute approximate surface area is 150 Å². The minimum absolute atomic E-state index is 0.313. The highest BCUT2D eigenvalue weighted by Gasteiger charge is 2.21. The summed E-state index contributed by atoms with van der Waals surface area (Å²) < 4.78 is 1.07.